The molecule has 2 aromatic rings. The lowest BCUT2D eigenvalue weighted by molar-refractivity contribution is 0.102. The summed E-state index contributed by atoms with van der Waals surface area (Å²) in [6, 6.07) is 13.3. The standard InChI is InChI=1S/C24H29F2N3OS/c1-16-8-9-20(21(14-16)29-12-10-17(11-13-29)22(25)26)23(30)27-18-6-5-7-19(15-18)31-28-24(2,3)4/h5-9,14-15,28H,10-13H2,1-4H3,(H,27,30). The first-order valence-corrected chi connectivity index (χ1v) is 11.2. The number of hydrogen-bond acceptors (Lipinski definition) is 4. The van der Waals surface area contributed by atoms with Crippen LogP contribution in [0.15, 0.2) is 59.0 Å². The first-order chi connectivity index (χ1) is 14.6. The number of nitrogens with zero attached hydrogens (tertiary/aromatic N) is 1. The first kappa shape index (κ1) is 23.3. The minimum Gasteiger partial charge on any atom is -0.370 e. The van der Waals surface area contributed by atoms with Crippen molar-refractivity contribution >= 4 is 29.2 Å². The molecule has 1 aliphatic rings. The number of amides is 1. The summed E-state index contributed by atoms with van der Waals surface area (Å²) in [5.74, 6) is -0.209. The maximum Gasteiger partial charge on any atom is 0.269 e. The Morgan fingerprint density at radius 2 is 1.77 bits per heavy atom. The fourth-order valence-electron chi connectivity index (χ4n) is 3.35. The van der Waals surface area contributed by atoms with E-state index in [1.165, 1.54) is 11.9 Å². The normalized spacial score (nSPS) is 14.5. The van der Waals surface area contributed by atoms with E-state index < -0.39 is 6.08 Å². The number of anilines is 2. The second-order valence-corrected chi connectivity index (χ2v) is 9.69. The molecule has 7 heteroatoms. The van der Waals surface area contributed by atoms with E-state index in [9.17, 15) is 13.6 Å². The van der Waals surface area contributed by atoms with Gasteiger partial charge in [0.15, 0.2) is 0 Å². The van der Waals surface area contributed by atoms with Crippen LogP contribution in [0.4, 0.5) is 20.2 Å². The van der Waals surface area contributed by atoms with Crippen LogP contribution in [-0.4, -0.2) is 24.5 Å². The SMILES string of the molecule is Cc1ccc(C(=O)Nc2cccc(SNC(C)(C)C)c2)c(N2CCC(=C(F)F)CC2)c1. The molecule has 1 heterocycles. The van der Waals surface area contributed by atoms with E-state index in [1.807, 2.05) is 48.2 Å². The van der Waals surface area contributed by atoms with Crippen molar-refractivity contribution in [3.63, 3.8) is 0 Å². The quantitative estimate of drug-likeness (QED) is 0.523. The van der Waals surface area contributed by atoms with E-state index in [0.29, 0.717) is 37.2 Å². The number of hydrogen-bond donors (Lipinski definition) is 2. The van der Waals surface area contributed by atoms with Crippen molar-refractivity contribution in [3.05, 3.63) is 65.2 Å². The monoisotopic (exact) mass is 445 g/mol. The minimum absolute atomic E-state index is 0.0325. The smallest absolute Gasteiger partial charge is 0.269 e. The van der Waals surface area contributed by atoms with Gasteiger partial charge in [-0.1, -0.05) is 12.1 Å². The number of rotatable bonds is 5. The Morgan fingerprint density at radius 3 is 2.42 bits per heavy atom. The highest BCUT2D eigenvalue weighted by atomic mass is 32.2. The van der Waals surface area contributed by atoms with E-state index in [2.05, 4.69) is 30.8 Å². The van der Waals surface area contributed by atoms with Gasteiger partial charge in [0, 0.05) is 34.9 Å². The van der Waals surface area contributed by atoms with E-state index >= 15 is 0 Å². The Hall–Kier alpha value is -2.38. The molecule has 2 aromatic carbocycles. The average molecular weight is 446 g/mol. The molecule has 0 radical (unpaired) electrons. The maximum absolute atomic E-state index is 13.1. The highest BCUT2D eigenvalue weighted by molar-refractivity contribution is 7.97. The number of piperidine rings is 1. The summed E-state index contributed by atoms with van der Waals surface area (Å²) in [7, 11) is 0. The van der Waals surface area contributed by atoms with Crippen LogP contribution in [-0.2, 0) is 0 Å². The molecule has 2 N–H and O–H groups in total. The second-order valence-electron chi connectivity index (χ2n) is 8.81. The van der Waals surface area contributed by atoms with Crippen LogP contribution >= 0.6 is 11.9 Å². The molecule has 1 aliphatic heterocycles. The fraction of sp³-hybridized carbons (Fsp3) is 0.375. The molecule has 0 aromatic heterocycles. The zero-order valence-corrected chi connectivity index (χ0v) is 19.2. The van der Waals surface area contributed by atoms with Crippen LogP contribution in [0.1, 0.15) is 49.5 Å². The Bertz CT molecular complexity index is 971. The van der Waals surface area contributed by atoms with Gasteiger partial charge in [-0.3, -0.25) is 9.52 Å². The number of aryl methyl sites for hydroxylation is 1. The van der Waals surface area contributed by atoms with E-state index in [-0.39, 0.29) is 17.0 Å². The van der Waals surface area contributed by atoms with Crippen LogP contribution in [0.3, 0.4) is 0 Å². The Kier molecular flexibility index (Phi) is 7.38. The highest BCUT2D eigenvalue weighted by Crippen LogP contribution is 2.30. The molecular weight excluding hydrogens is 416 g/mol. The van der Waals surface area contributed by atoms with E-state index in [4.69, 9.17) is 0 Å². The lowest BCUT2D eigenvalue weighted by Gasteiger charge is -2.31. The lowest BCUT2D eigenvalue weighted by Crippen LogP contribution is -2.32. The molecule has 0 atom stereocenters. The summed E-state index contributed by atoms with van der Waals surface area (Å²) < 4.78 is 29.2. The van der Waals surface area contributed by atoms with Crippen molar-refractivity contribution in [1.82, 2.24) is 4.72 Å². The van der Waals surface area contributed by atoms with Crippen molar-refractivity contribution < 1.29 is 13.6 Å². The van der Waals surface area contributed by atoms with Crippen molar-refractivity contribution in [1.29, 1.82) is 0 Å². The molecule has 1 amide bonds. The Labute approximate surface area is 187 Å². The fourth-order valence-corrected chi connectivity index (χ4v) is 4.11. The molecule has 0 unspecified atom stereocenters. The second kappa shape index (κ2) is 9.83. The van der Waals surface area contributed by atoms with Crippen molar-refractivity contribution in [2.24, 2.45) is 0 Å². The van der Waals surface area contributed by atoms with Gasteiger partial charge >= 0.3 is 0 Å². The van der Waals surface area contributed by atoms with Gasteiger partial charge in [0.1, 0.15) is 0 Å². The molecular formula is C24H29F2N3OS. The first-order valence-electron chi connectivity index (χ1n) is 10.4. The molecule has 0 bridgehead atoms. The third-order valence-electron chi connectivity index (χ3n) is 4.94. The molecule has 1 fully saturated rings. The van der Waals surface area contributed by atoms with Crippen LogP contribution in [0.5, 0.6) is 0 Å². The molecule has 3 rings (SSSR count). The number of nitrogens with one attached hydrogen (secondary N) is 2. The minimum atomic E-state index is -1.57. The topological polar surface area (TPSA) is 44.4 Å². The summed E-state index contributed by atoms with van der Waals surface area (Å²) in [6.07, 6.45) is -0.935. The average Bonchev–Trinajstić information content (AvgIpc) is 2.72. The van der Waals surface area contributed by atoms with Crippen LogP contribution in [0, 0.1) is 6.92 Å². The number of halogens is 2. The highest BCUT2D eigenvalue weighted by Gasteiger charge is 2.22. The van der Waals surface area contributed by atoms with E-state index in [1.54, 1.807) is 6.07 Å². The molecule has 166 valence electrons. The summed E-state index contributed by atoms with van der Waals surface area (Å²) in [5.41, 5.74) is 3.25. The van der Waals surface area contributed by atoms with Gasteiger partial charge in [-0.2, -0.15) is 8.78 Å². The molecule has 4 nitrogen and oxygen atoms in total. The molecule has 1 saturated heterocycles. The van der Waals surface area contributed by atoms with Gasteiger partial charge < -0.3 is 10.2 Å². The van der Waals surface area contributed by atoms with Gasteiger partial charge in [0.25, 0.3) is 12.0 Å². The Morgan fingerprint density at radius 1 is 1.06 bits per heavy atom. The zero-order valence-electron chi connectivity index (χ0n) is 18.4. The summed E-state index contributed by atoms with van der Waals surface area (Å²) in [5, 5.41) is 2.99. The number of carbonyl (C=O) groups is 1. The van der Waals surface area contributed by atoms with Crippen LogP contribution in [0.2, 0.25) is 0 Å². The number of carbonyl (C=O) groups excluding carboxylic acids is 1. The largest absolute Gasteiger partial charge is 0.370 e. The van der Waals surface area contributed by atoms with Crippen molar-refractivity contribution in [3.8, 4) is 0 Å². The molecule has 0 saturated carbocycles. The summed E-state index contributed by atoms with van der Waals surface area (Å²) >= 11 is 1.52. The summed E-state index contributed by atoms with van der Waals surface area (Å²) in [6.45, 7) is 9.18. The summed E-state index contributed by atoms with van der Waals surface area (Å²) in [4.78, 5) is 16.1. The molecule has 0 aliphatic carbocycles. The van der Waals surface area contributed by atoms with Gasteiger partial charge in [0.2, 0.25) is 0 Å². The molecule has 31 heavy (non-hydrogen) atoms. The van der Waals surface area contributed by atoms with Crippen LogP contribution in [0.25, 0.3) is 0 Å². The van der Waals surface area contributed by atoms with E-state index in [0.717, 1.165) is 16.1 Å². The van der Waals surface area contributed by atoms with Gasteiger partial charge in [-0.05, 0) is 94.0 Å². The van der Waals surface area contributed by atoms with Gasteiger partial charge in [-0.15, -0.1) is 0 Å². The predicted octanol–water partition coefficient (Wildman–Crippen LogP) is 6.39. The van der Waals surface area contributed by atoms with Crippen molar-refractivity contribution in [2.75, 3.05) is 23.3 Å². The van der Waals surface area contributed by atoms with Crippen LogP contribution < -0.4 is 14.9 Å². The maximum atomic E-state index is 13.1. The number of benzene rings is 2. The zero-order chi connectivity index (χ0) is 22.6. The van der Waals surface area contributed by atoms with Crippen molar-refractivity contribution in [2.45, 2.75) is 51.0 Å². The third kappa shape index (κ3) is 6.55. The lowest BCUT2D eigenvalue weighted by atomic mass is 10.0. The third-order valence-corrected chi connectivity index (χ3v) is 6.14. The Balaban J connectivity index is 1.76. The van der Waals surface area contributed by atoms with Gasteiger partial charge in [-0.25, -0.2) is 0 Å². The molecule has 0 spiro atoms. The van der Waals surface area contributed by atoms with Gasteiger partial charge in [0.05, 0.1) is 5.56 Å². The predicted molar refractivity (Wildman–Crippen MR) is 125 cm³/mol.